The van der Waals surface area contributed by atoms with E-state index >= 15 is 0 Å². The highest BCUT2D eigenvalue weighted by atomic mass is 79.9. The van der Waals surface area contributed by atoms with E-state index in [0.717, 1.165) is 10.5 Å². The van der Waals surface area contributed by atoms with E-state index in [-0.39, 0.29) is 12.3 Å². The number of aromatic nitrogens is 1. The Hall–Kier alpha value is -2.22. The van der Waals surface area contributed by atoms with E-state index in [1.165, 1.54) is 6.07 Å². The van der Waals surface area contributed by atoms with Gasteiger partial charge in [0.1, 0.15) is 4.92 Å². The molecule has 0 bridgehead atoms. The van der Waals surface area contributed by atoms with Crippen molar-refractivity contribution in [2.24, 2.45) is 0 Å². The van der Waals surface area contributed by atoms with Gasteiger partial charge in [0.05, 0.1) is 18.3 Å². The predicted octanol–water partition coefficient (Wildman–Crippen LogP) is 2.28. The van der Waals surface area contributed by atoms with Crippen molar-refractivity contribution < 1.29 is 14.1 Å². The average Bonchev–Trinajstić information content (AvgIpc) is 2.87. The molecule has 0 fully saturated rings. The molecule has 98 valence electrons. The van der Waals surface area contributed by atoms with Crippen molar-refractivity contribution in [3.63, 3.8) is 0 Å². The monoisotopic (exact) mass is 325 g/mol. The molecule has 2 rings (SSSR count). The van der Waals surface area contributed by atoms with Crippen molar-refractivity contribution >= 4 is 27.7 Å². The molecule has 0 aliphatic heterocycles. The number of nitrogens with zero attached hydrogens (tertiary/aromatic N) is 2. The molecule has 1 N–H and O–H groups in total. The fourth-order valence-electron chi connectivity index (χ4n) is 1.32. The van der Waals surface area contributed by atoms with Crippen LogP contribution in [-0.2, 0) is 6.54 Å². The number of pyridine rings is 1. The Bertz CT molecular complexity index is 609. The number of furan rings is 1. The molecule has 1 amide bonds. The van der Waals surface area contributed by atoms with Gasteiger partial charge >= 0.3 is 5.88 Å². The summed E-state index contributed by atoms with van der Waals surface area (Å²) in [4.78, 5) is 25.4. The zero-order valence-electron chi connectivity index (χ0n) is 9.50. The number of carbonyl (C=O) groups is 1. The minimum atomic E-state index is -0.701. The van der Waals surface area contributed by atoms with Gasteiger partial charge in [-0.3, -0.25) is 19.9 Å². The van der Waals surface area contributed by atoms with E-state index in [4.69, 9.17) is 4.42 Å². The highest BCUT2D eigenvalue weighted by Gasteiger charge is 2.16. The Morgan fingerprint density at radius 2 is 2.21 bits per heavy atom. The number of nitrogens with one attached hydrogen (secondary N) is 1. The number of hydrogen-bond donors (Lipinski definition) is 1. The van der Waals surface area contributed by atoms with Crippen molar-refractivity contribution in [3.8, 4) is 0 Å². The molecular formula is C11H8BrN3O4. The van der Waals surface area contributed by atoms with Gasteiger partial charge < -0.3 is 9.73 Å². The summed E-state index contributed by atoms with van der Waals surface area (Å²) in [5, 5.41) is 13.0. The minimum Gasteiger partial charge on any atom is -0.395 e. The van der Waals surface area contributed by atoms with Gasteiger partial charge in [-0.1, -0.05) is 0 Å². The fourth-order valence-corrected chi connectivity index (χ4v) is 1.55. The lowest BCUT2D eigenvalue weighted by molar-refractivity contribution is -0.402. The first-order valence-electron chi connectivity index (χ1n) is 5.19. The van der Waals surface area contributed by atoms with Crippen LogP contribution in [0.1, 0.15) is 16.2 Å². The summed E-state index contributed by atoms with van der Waals surface area (Å²) in [6.45, 7) is 0.209. The second kappa shape index (κ2) is 5.61. The molecular weight excluding hydrogens is 318 g/mol. The van der Waals surface area contributed by atoms with Crippen LogP contribution in [0.3, 0.4) is 0 Å². The SMILES string of the molecule is O=C(NCc1ccc(Br)cn1)c1ccc([N+](=O)[O-])o1. The molecule has 0 aliphatic carbocycles. The van der Waals surface area contributed by atoms with E-state index in [1.54, 1.807) is 18.3 Å². The highest BCUT2D eigenvalue weighted by molar-refractivity contribution is 9.10. The van der Waals surface area contributed by atoms with Crippen LogP contribution in [0.15, 0.2) is 39.4 Å². The van der Waals surface area contributed by atoms with Crippen LogP contribution in [0.2, 0.25) is 0 Å². The lowest BCUT2D eigenvalue weighted by atomic mass is 10.3. The largest absolute Gasteiger partial charge is 0.433 e. The summed E-state index contributed by atoms with van der Waals surface area (Å²) in [6, 6.07) is 5.93. The molecule has 19 heavy (non-hydrogen) atoms. The summed E-state index contributed by atoms with van der Waals surface area (Å²) in [5.41, 5.74) is 0.664. The number of halogens is 1. The molecule has 0 saturated carbocycles. The van der Waals surface area contributed by atoms with Gasteiger partial charge in [0.25, 0.3) is 5.91 Å². The molecule has 8 heteroatoms. The van der Waals surface area contributed by atoms with E-state index in [9.17, 15) is 14.9 Å². The number of nitro groups is 1. The summed E-state index contributed by atoms with van der Waals surface area (Å²) >= 11 is 3.25. The Morgan fingerprint density at radius 1 is 1.42 bits per heavy atom. The van der Waals surface area contributed by atoms with Crippen LogP contribution in [0.4, 0.5) is 5.88 Å². The lowest BCUT2D eigenvalue weighted by Gasteiger charge is -2.02. The topological polar surface area (TPSA) is 98.3 Å². The van der Waals surface area contributed by atoms with Crippen molar-refractivity contribution in [2.75, 3.05) is 0 Å². The molecule has 2 aromatic rings. The van der Waals surface area contributed by atoms with Crippen LogP contribution in [0, 0.1) is 10.1 Å². The average molecular weight is 326 g/mol. The maximum Gasteiger partial charge on any atom is 0.433 e. The summed E-state index contributed by atoms with van der Waals surface area (Å²) in [7, 11) is 0. The number of carbonyl (C=O) groups excluding carboxylic acids is 1. The molecule has 0 spiro atoms. The number of hydrogen-bond acceptors (Lipinski definition) is 5. The lowest BCUT2D eigenvalue weighted by Crippen LogP contribution is -2.22. The van der Waals surface area contributed by atoms with Crippen LogP contribution in [0.5, 0.6) is 0 Å². The molecule has 0 aromatic carbocycles. The first-order chi connectivity index (χ1) is 9.06. The molecule has 7 nitrogen and oxygen atoms in total. The van der Waals surface area contributed by atoms with Gasteiger partial charge in [-0.15, -0.1) is 0 Å². The second-order valence-corrected chi connectivity index (χ2v) is 4.46. The minimum absolute atomic E-state index is 0.108. The van der Waals surface area contributed by atoms with Crippen LogP contribution < -0.4 is 5.32 Å². The van der Waals surface area contributed by atoms with E-state index < -0.39 is 16.7 Å². The third-order valence-corrected chi connectivity index (χ3v) is 2.68. The van der Waals surface area contributed by atoms with E-state index in [1.807, 2.05) is 0 Å². The first kappa shape index (κ1) is 13.2. The zero-order valence-corrected chi connectivity index (χ0v) is 11.1. The quantitative estimate of drug-likeness (QED) is 0.686. The molecule has 2 heterocycles. The van der Waals surface area contributed by atoms with Crippen LogP contribution in [-0.4, -0.2) is 15.8 Å². The summed E-state index contributed by atoms with van der Waals surface area (Å²) in [6.07, 6.45) is 1.61. The number of amides is 1. The smallest absolute Gasteiger partial charge is 0.395 e. The Kier molecular flexibility index (Phi) is 3.91. The van der Waals surface area contributed by atoms with Gasteiger partial charge in [-0.25, -0.2) is 0 Å². The van der Waals surface area contributed by atoms with Gasteiger partial charge in [-0.05, 0) is 34.1 Å². The Labute approximate surface area is 115 Å². The van der Waals surface area contributed by atoms with Crippen LogP contribution >= 0.6 is 15.9 Å². The first-order valence-corrected chi connectivity index (χ1v) is 5.98. The molecule has 0 atom stereocenters. The third kappa shape index (κ3) is 3.38. The zero-order chi connectivity index (χ0) is 13.8. The normalized spacial score (nSPS) is 10.2. The third-order valence-electron chi connectivity index (χ3n) is 2.21. The van der Waals surface area contributed by atoms with Gasteiger partial charge in [0.2, 0.25) is 0 Å². The summed E-state index contributed by atoms with van der Waals surface area (Å²) < 4.78 is 5.61. The fraction of sp³-hybridized carbons (Fsp3) is 0.0909. The maximum atomic E-state index is 11.7. The number of rotatable bonds is 4. The van der Waals surface area contributed by atoms with Crippen molar-refractivity contribution in [2.45, 2.75) is 6.54 Å². The summed E-state index contributed by atoms with van der Waals surface area (Å²) in [5.74, 6) is -1.10. The van der Waals surface area contributed by atoms with E-state index in [0.29, 0.717) is 5.69 Å². The van der Waals surface area contributed by atoms with Gasteiger partial charge in [-0.2, -0.15) is 0 Å². The molecule has 2 aromatic heterocycles. The van der Waals surface area contributed by atoms with Crippen molar-refractivity contribution in [1.82, 2.24) is 10.3 Å². The van der Waals surface area contributed by atoms with Gasteiger partial charge in [0.15, 0.2) is 5.76 Å². The van der Waals surface area contributed by atoms with Crippen LogP contribution in [0.25, 0.3) is 0 Å². The highest BCUT2D eigenvalue weighted by Crippen LogP contribution is 2.15. The Morgan fingerprint density at radius 3 is 2.79 bits per heavy atom. The maximum absolute atomic E-state index is 11.7. The standard InChI is InChI=1S/C11H8BrN3O4/c12-7-1-2-8(13-5-7)6-14-11(16)9-3-4-10(19-9)15(17)18/h1-5H,6H2,(H,14,16). The van der Waals surface area contributed by atoms with E-state index in [2.05, 4.69) is 26.2 Å². The van der Waals surface area contributed by atoms with Gasteiger partial charge in [0, 0.05) is 10.7 Å². The Balaban J connectivity index is 1.97. The van der Waals surface area contributed by atoms with Crippen molar-refractivity contribution in [1.29, 1.82) is 0 Å². The van der Waals surface area contributed by atoms with Crippen molar-refractivity contribution in [3.05, 3.63) is 56.5 Å². The second-order valence-electron chi connectivity index (χ2n) is 3.55. The molecule has 0 aliphatic rings. The molecule has 0 saturated heterocycles. The molecule has 0 radical (unpaired) electrons. The molecule has 0 unspecified atom stereocenters. The predicted molar refractivity (Wildman–Crippen MR) is 68.5 cm³/mol.